The van der Waals surface area contributed by atoms with Gasteiger partial charge in [-0.1, -0.05) is 51.1 Å². The van der Waals surface area contributed by atoms with Crippen LogP contribution in [0.15, 0.2) is 30.3 Å². The molecular formula is C18H30N2. The number of likely N-dealkylation sites (N-methyl/N-ethyl adjacent to an activating group) is 2. The van der Waals surface area contributed by atoms with Crippen LogP contribution in [0.3, 0.4) is 0 Å². The maximum atomic E-state index is 3.72. The summed E-state index contributed by atoms with van der Waals surface area (Å²) in [5.74, 6) is 0.960. The predicted octanol–water partition coefficient (Wildman–Crippen LogP) is 3.85. The average molecular weight is 274 g/mol. The molecule has 0 spiro atoms. The number of benzene rings is 1. The van der Waals surface area contributed by atoms with E-state index in [1.807, 2.05) is 0 Å². The van der Waals surface area contributed by atoms with Crippen LogP contribution in [0.2, 0.25) is 0 Å². The van der Waals surface area contributed by atoms with Crippen molar-refractivity contribution >= 4 is 0 Å². The van der Waals surface area contributed by atoms with E-state index in [2.05, 4.69) is 61.3 Å². The highest BCUT2D eigenvalue weighted by atomic mass is 15.2. The van der Waals surface area contributed by atoms with E-state index >= 15 is 0 Å². The standard InChI is InChI=1S/C18H30N2/c1-4-17(20(6-3)14-15-12-13-15)18(19-5-2)16-10-8-7-9-11-16/h7-11,15,17-19H,4-6,12-14H2,1-3H3. The van der Waals surface area contributed by atoms with E-state index in [0.29, 0.717) is 12.1 Å². The largest absolute Gasteiger partial charge is 0.309 e. The zero-order valence-electron chi connectivity index (χ0n) is 13.3. The minimum atomic E-state index is 0.449. The number of nitrogens with zero attached hydrogens (tertiary/aromatic N) is 1. The van der Waals surface area contributed by atoms with Crippen LogP contribution in [0.25, 0.3) is 0 Å². The van der Waals surface area contributed by atoms with E-state index < -0.39 is 0 Å². The summed E-state index contributed by atoms with van der Waals surface area (Å²) in [7, 11) is 0. The molecule has 0 saturated heterocycles. The molecule has 1 aromatic rings. The van der Waals surface area contributed by atoms with Gasteiger partial charge in [0.25, 0.3) is 0 Å². The summed E-state index contributed by atoms with van der Waals surface area (Å²) < 4.78 is 0. The summed E-state index contributed by atoms with van der Waals surface area (Å²) in [6, 6.07) is 12.0. The van der Waals surface area contributed by atoms with Crippen molar-refractivity contribution in [1.82, 2.24) is 10.2 Å². The first-order chi connectivity index (χ1) is 9.80. The van der Waals surface area contributed by atoms with Crippen molar-refractivity contribution in [1.29, 1.82) is 0 Å². The zero-order chi connectivity index (χ0) is 14.4. The van der Waals surface area contributed by atoms with Crippen LogP contribution in [0.5, 0.6) is 0 Å². The Balaban J connectivity index is 2.14. The minimum absolute atomic E-state index is 0.449. The Morgan fingerprint density at radius 1 is 1.15 bits per heavy atom. The maximum absolute atomic E-state index is 3.72. The quantitative estimate of drug-likeness (QED) is 0.736. The molecule has 0 bridgehead atoms. The summed E-state index contributed by atoms with van der Waals surface area (Å²) in [6.07, 6.45) is 4.07. The highest BCUT2D eigenvalue weighted by Crippen LogP contribution is 2.32. The molecule has 0 aromatic heterocycles. The lowest BCUT2D eigenvalue weighted by molar-refractivity contribution is 0.153. The van der Waals surface area contributed by atoms with E-state index in [1.165, 1.54) is 31.4 Å². The van der Waals surface area contributed by atoms with E-state index in [1.54, 1.807) is 0 Å². The fourth-order valence-electron chi connectivity index (χ4n) is 3.19. The van der Waals surface area contributed by atoms with Gasteiger partial charge in [0.15, 0.2) is 0 Å². The molecule has 1 N–H and O–H groups in total. The minimum Gasteiger partial charge on any atom is -0.309 e. The fraction of sp³-hybridized carbons (Fsp3) is 0.667. The number of hydrogen-bond acceptors (Lipinski definition) is 2. The Labute approximate surface area is 124 Å². The lowest BCUT2D eigenvalue weighted by Gasteiger charge is -2.37. The van der Waals surface area contributed by atoms with Crippen LogP contribution < -0.4 is 5.32 Å². The average Bonchev–Trinajstić information content (AvgIpc) is 3.30. The summed E-state index contributed by atoms with van der Waals surface area (Å²) in [6.45, 7) is 10.3. The second-order valence-corrected chi connectivity index (χ2v) is 5.95. The molecule has 2 unspecified atom stereocenters. The van der Waals surface area contributed by atoms with Gasteiger partial charge in [-0.25, -0.2) is 0 Å². The third-order valence-corrected chi connectivity index (χ3v) is 4.45. The van der Waals surface area contributed by atoms with Crippen molar-refractivity contribution in [2.24, 2.45) is 5.92 Å². The molecule has 1 saturated carbocycles. The summed E-state index contributed by atoms with van der Waals surface area (Å²) in [4.78, 5) is 2.69. The second kappa shape index (κ2) is 7.80. The zero-order valence-corrected chi connectivity index (χ0v) is 13.3. The number of nitrogens with one attached hydrogen (secondary N) is 1. The summed E-state index contributed by atoms with van der Waals surface area (Å²) in [5, 5.41) is 3.72. The van der Waals surface area contributed by atoms with Crippen LogP contribution >= 0.6 is 0 Å². The van der Waals surface area contributed by atoms with Gasteiger partial charge in [-0.05, 0) is 43.8 Å². The topological polar surface area (TPSA) is 15.3 Å². The molecule has 1 aromatic carbocycles. The molecule has 1 fully saturated rings. The third kappa shape index (κ3) is 4.07. The Morgan fingerprint density at radius 2 is 1.85 bits per heavy atom. The van der Waals surface area contributed by atoms with Crippen molar-refractivity contribution in [2.75, 3.05) is 19.6 Å². The number of hydrogen-bond donors (Lipinski definition) is 1. The fourth-order valence-corrected chi connectivity index (χ4v) is 3.19. The first-order valence-electron chi connectivity index (χ1n) is 8.32. The lowest BCUT2D eigenvalue weighted by atomic mass is 9.95. The van der Waals surface area contributed by atoms with Crippen molar-refractivity contribution in [3.63, 3.8) is 0 Å². The van der Waals surface area contributed by atoms with Crippen LogP contribution in [0, 0.1) is 5.92 Å². The third-order valence-electron chi connectivity index (χ3n) is 4.45. The molecule has 1 aliphatic rings. The Bertz CT molecular complexity index is 372. The van der Waals surface area contributed by atoms with Gasteiger partial charge in [0.2, 0.25) is 0 Å². The van der Waals surface area contributed by atoms with Gasteiger partial charge in [-0.2, -0.15) is 0 Å². The molecule has 0 heterocycles. The Hall–Kier alpha value is -0.860. The maximum Gasteiger partial charge on any atom is 0.0477 e. The van der Waals surface area contributed by atoms with Crippen molar-refractivity contribution in [3.05, 3.63) is 35.9 Å². The van der Waals surface area contributed by atoms with Crippen molar-refractivity contribution in [3.8, 4) is 0 Å². The van der Waals surface area contributed by atoms with Crippen LogP contribution in [0.4, 0.5) is 0 Å². The first-order valence-corrected chi connectivity index (χ1v) is 8.32. The molecule has 0 aliphatic heterocycles. The molecule has 2 atom stereocenters. The molecule has 1 aliphatic carbocycles. The lowest BCUT2D eigenvalue weighted by Crippen LogP contribution is -2.45. The van der Waals surface area contributed by atoms with Gasteiger partial charge in [-0.15, -0.1) is 0 Å². The van der Waals surface area contributed by atoms with Gasteiger partial charge in [0, 0.05) is 18.6 Å². The smallest absolute Gasteiger partial charge is 0.0477 e. The highest BCUT2D eigenvalue weighted by Gasteiger charge is 2.30. The highest BCUT2D eigenvalue weighted by molar-refractivity contribution is 5.20. The van der Waals surface area contributed by atoms with E-state index in [0.717, 1.165) is 19.0 Å². The van der Waals surface area contributed by atoms with Crippen LogP contribution in [-0.4, -0.2) is 30.6 Å². The predicted molar refractivity (Wildman–Crippen MR) is 86.9 cm³/mol. The summed E-state index contributed by atoms with van der Waals surface area (Å²) in [5.41, 5.74) is 1.43. The van der Waals surface area contributed by atoms with Gasteiger partial charge >= 0.3 is 0 Å². The number of rotatable bonds is 9. The van der Waals surface area contributed by atoms with E-state index in [9.17, 15) is 0 Å². The normalized spacial score (nSPS) is 18.2. The molecule has 2 rings (SSSR count). The first kappa shape index (κ1) is 15.5. The molecular weight excluding hydrogens is 244 g/mol. The molecule has 2 heteroatoms. The molecule has 2 nitrogen and oxygen atoms in total. The summed E-state index contributed by atoms with van der Waals surface area (Å²) >= 11 is 0. The Kier molecular flexibility index (Phi) is 6.06. The van der Waals surface area contributed by atoms with Gasteiger partial charge < -0.3 is 5.32 Å². The molecule has 0 amide bonds. The van der Waals surface area contributed by atoms with Crippen molar-refractivity contribution < 1.29 is 0 Å². The van der Waals surface area contributed by atoms with E-state index in [-0.39, 0.29) is 0 Å². The SMILES string of the molecule is CCNC(c1ccccc1)C(CC)N(CC)CC1CC1. The molecule has 112 valence electrons. The van der Waals surface area contributed by atoms with E-state index in [4.69, 9.17) is 0 Å². The second-order valence-electron chi connectivity index (χ2n) is 5.95. The molecule has 20 heavy (non-hydrogen) atoms. The van der Waals surface area contributed by atoms with Crippen LogP contribution in [-0.2, 0) is 0 Å². The van der Waals surface area contributed by atoms with Gasteiger partial charge in [0.1, 0.15) is 0 Å². The Morgan fingerprint density at radius 3 is 2.35 bits per heavy atom. The van der Waals surface area contributed by atoms with Crippen molar-refractivity contribution in [2.45, 2.75) is 52.1 Å². The van der Waals surface area contributed by atoms with Gasteiger partial charge in [0.05, 0.1) is 0 Å². The van der Waals surface area contributed by atoms with Crippen LogP contribution in [0.1, 0.15) is 51.6 Å². The monoisotopic (exact) mass is 274 g/mol. The molecule has 0 radical (unpaired) electrons. The van der Waals surface area contributed by atoms with Gasteiger partial charge in [-0.3, -0.25) is 4.90 Å².